The third-order valence-corrected chi connectivity index (χ3v) is 5.24. The number of carbonyl (C=O) groups excluding carboxylic acids is 1. The highest BCUT2D eigenvalue weighted by Crippen LogP contribution is 2.45. The molecule has 3 rings (SSSR count). The molecule has 25 heavy (non-hydrogen) atoms. The number of hydrogen-bond acceptors (Lipinski definition) is 4. The molecule has 1 spiro atoms. The largest absolute Gasteiger partial charge is 0.487 e. The number of amides is 1. The zero-order valence-corrected chi connectivity index (χ0v) is 16.2. The number of aliphatic hydroxyl groups is 1. The first kappa shape index (κ1) is 18.5. The molecule has 1 N–H and O–H groups in total. The van der Waals surface area contributed by atoms with Crippen molar-refractivity contribution in [1.29, 1.82) is 0 Å². The summed E-state index contributed by atoms with van der Waals surface area (Å²) in [6.07, 6.45) is 0.474. The molecule has 2 aliphatic rings. The molecule has 2 heterocycles. The third-order valence-electron chi connectivity index (χ3n) is 4.63. The number of fused-ring (bicyclic) bond motifs is 1. The quantitative estimate of drug-likeness (QED) is 0.690. The van der Waals surface area contributed by atoms with Gasteiger partial charge in [0.2, 0.25) is 0 Å². The van der Waals surface area contributed by atoms with Crippen molar-refractivity contribution in [2.75, 3.05) is 13.1 Å². The smallest absolute Gasteiger partial charge is 0.410 e. The van der Waals surface area contributed by atoms with Gasteiger partial charge in [0.25, 0.3) is 0 Å². The number of carbonyl (C=O) groups is 1. The maximum Gasteiger partial charge on any atom is 0.410 e. The van der Waals surface area contributed by atoms with Crippen LogP contribution in [0, 0.1) is 5.82 Å². The lowest BCUT2D eigenvalue weighted by Gasteiger charge is -2.45. The minimum absolute atomic E-state index is 0.307. The Hall–Kier alpha value is -1.34. The van der Waals surface area contributed by atoms with Gasteiger partial charge in [-0.05, 0) is 48.8 Å². The average Bonchev–Trinajstić information content (AvgIpc) is 2.48. The van der Waals surface area contributed by atoms with E-state index in [2.05, 4.69) is 15.9 Å². The number of rotatable bonds is 0. The Bertz CT molecular complexity index is 680. The van der Waals surface area contributed by atoms with Crippen molar-refractivity contribution in [2.24, 2.45) is 0 Å². The lowest BCUT2D eigenvalue weighted by Crippen LogP contribution is -2.52. The van der Waals surface area contributed by atoms with E-state index in [4.69, 9.17) is 9.47 Å². The number of piperidine rings is 1. The molecule has 0 aromatic heterocycles. The Morgan fingerprint density at radius 3 is 2.64 bits per heavy atom. The van der Waals surface area contributed by atoms with Crippen molar-refractivity contribution in [1.82, 2.24) is 4.90 Å². The number of likely N-dealkylation sites (tertiary alicyclic amines) is 1. The molecule has 1 atom stereocenters. The highest BCUT2D eigenvalue weighted by Gasteiger charge is 2.44. The molecule has 1 aromatic rings. The average molecular weight is 416 g/mol. The van der Waals surface area contributed by atoms with Gasteiger partial charge in [0, 0.05) is 37.9 Å². The summed E-state index contributed by atoms with van der Waals surface area (Å²) < 4.78 is 25.6. The molecule has 0 radical (unpaired) electrons. The lowest BCUT2D eigenvalue weighted by atomic mass is 9.82. The monoisotopic (exact) mass is 415 g/mol. The van der Waals surface area contributed by atoms with Gasteiger partial charge < -0.3 is 19.5 Å². The van der Waals surface area contributed by atoms with E-state index in [0.717, 1.165) is 0 Å². The van der Waals surface area contributed by atoms with Crippen LogP contribution >= 0.6 is 15.9 Å². The van der Waals surface area contributed by atoms with E-state index in [1.807, 2.05) is 20.8 Å². The Morgan fingerprint density at radius 2 is 2.04 bits per heavy atom. The molecule has 0 bridgehead atoms. The summed E-state index contributed by atoms with van der Waals surface area (Å²) in [5.74, 6) is 0.0786. The van der Waals surface area contributed by atoms with E-state index in [9.17, 15) is 14.3 Å². The summed E-state index contributed by atoms with van der Waals surface area (Å²) in [5.41, 5.74) is -0.595. The van der Waals surface area contributed by atoms with Crippen LogP contribution in [0.5, 0.6) is 5.75 Å². The lowest BCUT2D eigenvalue weighted by molar-refractivity contribution is -0.0571. The molecule has 1 amide bonds. The summed E-state index contributed by atoms with van der Waals surface area (Å²) in [6.45, 7) is 6.51. The minimum Gasteiger partial charge on any atom is -0.487 e. The number of nitrogens with zero attached hydrogens (tertiary/aromatic N) is 1. The van der Waals surface area contributed by atoms with Crippen LogP contribution in [-0.4, -0.2) is 40.4 Å². The zero-order valence-electron chi connectivity index (χ0n) is 14.6. The molecule has 1 saturated heterocycles. The fourth-order valence-corrected chi connectivity index (χ4v) is 3.68. The van der Waals surface area contributed by atoms with Crippen molar-refractivity contribution in [2.45, 2.75) is 57.3 Å². The molecule has 2 aliphatic heterocycles. The fourth-order valence-electron chi connectivity index (χ4n) is 3.36. The summed E-state index contributed by atoms with van der Waals surface area (Å²) >= 11 is 3.16. The molecule has 138 valence electrons. The molecule has 0 saturated carbocycles. The van der Waals surface area contributed by atoms with E-state index < -0.39 is 23.1 Å². The van der Waals surface area contributed by atoms with Gasteiger partial charge in [-0.15, -0.1) is 0 Å². The number of ether oxygens (including phenoxy) is 2. The normalized spacial score (nSPS) is 22.3. The van der Waals surface area contributed by atoms with E-state index in [1.54, 1.807) is 11.0 Å². The van der Waals surface area contributed by atoms with Crippen LogP contribution in [0.25, 0.3) is 0 Å². The SMILES string of the molecule is CC(C)(C)OC(=O)N1CCC2(CC1)CC(O)c1cc(F)c(Br)cc1O2. The zero-order chi connectivity index (χ0) is 18.4. The van der Waals surface area contributed by atoms with Gasteiger partial charge in [0.15, 0.2) is 0 Å². The second-order valence-corrected chi connectivity index (χ2v) is 8.63. The number of hydrogen-bond donors (Lipinski definition) is 1. The molecule has 7 heteroatoms. The molecule has 1 fully saturated rings. The predicted octanol–water partition coefficient (Wildman–Crippen LogP) is 4.17. The van der Waals surface area contributed by atoms with Gasteiger partial charge in [-0.3, -0.25) is 0 Å². The van der Waals surface area contributed by atoms with Crippen LogP contribution in [0.3, 0.4) is 0 Å². The first-order valence-corrected chi connectivity index (χ1v) is 9.22. The summed E-state index contributed by atoms with van der Waals surface area (Å²) in [4.78, 5) is 13.9. The molecular formula is C18H23BrFNO4. The van der Waals surface area contributed by atoms with Crippen molar-refractivity contribution in [3.05, 3.63) is 28.0 Å². The highest BCUT2D eigenvalue weighted by atomic mass is 79.9. The Balaban J connectivity index is 1.71. The Labute approximate surface area is 155 Å². The summed E-state index contributed by atoms with van der Waals surface area (Å²) in [7, 11) is 0. The molecular weight excluding hydrogens is 393 g/mol. The third kappa shape index (κ3) is 3.92. The van der Waals surface area contributed by atoms with Crippen LogP contribution in [-0.2, 0) is 4.74 Å². The first-order chi connectivity index (χ1) is 11.6. The van der Waals surface area contributed by atoms with E-state index in [0.29, 0.717) is 48.1 Å². The summed E-state index contributed by atoms with van der Waals surface area (Å²) in [5, 5.41) is 10.5. The molecule has 0 aliphatic carbocycles. The minimum atomic E-state index is -0.778. The highest BCUT2D eigenvalue weighted by molar-refractivity contribution is 9.10. The van der Waals surface area contributed by atoms with Crippen LogP contribution in [0.1, 0.15) is 51.7 Å². The fraction of sp³-hybridized carbons (Fsp3) is 0.611. The second kappa shape index (κ2) is 6.43. The predicted molar refractivity (Wildman–Crippen MR) is 94.1 cm³/mol. The van der Waals surface area contributed by atoms with Crippen molar-refractivity contribution < 1.29 is 23.8 Å². The van der Waals surface area contributed by atoms with E-state index in [1.165, 1.54) is 6.07 Å². The Kier molecular flexibility index (Phi) is 4.75. The first-order valence-electron chi connectivity index (χ1n) is 8.43. The maximum atomic E-state index is 13.7. The van der Waals surface area contributed by atoms with Crippen LogP contribution in [0.2, 0.25) is 0 Å². The van der Waals surface area contributed by atoms with Crippen molar-refractivity contribution in [3.63, 3.8) is 0 Å². The molecule has 1 aromatic carbocycles. The van der Waals surface area contributed by atoms with Gasteiger partial charge in [-0.2, -0.15) is 0 Å². The van der Waals surface area contributed by atoms with Gasteiger partial charge >= 0.3 is 6.09 Å². The standard InChI is InChI=1S/C18H23BrFNO4/c1-17(2,3)25-16(23)21-6-4-18(5-7-21)10-14(22)11-8-13(20)12(19)9-15(11)24-18/h8-9,14,22H,4-7,10H2,1-3H3. The van der Waals surface area contributed by atoms with Crippen LogP contribution in [0.15, 0.2) is 16.6 Å². The van der Waals surface area contributed by atoms with E-state index in [-0.39, 0.29) is 6.09 Å². The van der Waals surface area contributed by atoms with E-state index >= 15 is 0 Å². The second-order valence-electron chi connectivity index (χ2n) is 7.78. The number of halogens is 2. The molecule has 5 nitrogen and oxygen atoms in total. The summed E-state index contributed by atoms with van der Waals surface area (Å²) in [6, 6.07) is 2.88. The van der Waals surface area contributed by atoms with Gasteiger partial charge in [-0.25, -0.2) is 9.18 Å². The van der Waals surface area contributed by atoms with Crippen LogP contribution in [0.4, 0.5) is 9.18 Å². The number of benzene rings is 1. The van der Waals surface area contributed by atoms with Crippen molar-refractivity contribution in [3.8, 4) is 5.75 Å². The Morgan fingerprint density at radius 1 is 1.40 bits per heavy atom. The van der Waals surface area contributed by atoms with Gasteiger partial charge in [0.05, 0.1) is 10.6 Å². The van der Waals surface area contributed by atoms with Gasteiger partial charge in [0.1, 0.15) is 22.8 Å². The molecule has 1 unspecified atom stereocenters. The topological polar surface area (TPSA) is 59.0 Å². The number of aliphatic hydroxyl groups excluding tert-OH is 1. The van der Waals surface area contributed by atoms with Crippen LogP contribution < -0.4 is 4.74 Å². The maximum absolute atomic E-state index is 13.7. The van der Waals surface area contributed by atoms with Gasteiger partial charge in [-0.1, -0.05) is 0 Å². The van der Waals surface area contributed by atoms with Crippen molar-refractivity contribution >= 4 is 22.0 Å².